The minimum absolute atomic E-state index is 0.123. The number of piperazine rings is 1. The van der Waals surface area contributed by atoms with Gasteiger partial charge in [-0.2, -0.15) is 10.1 Å². The Morgan fingerprint density at radius 1 is 1.14 bits per heavy atom. The molecule has 0 saturated carbocycles. The van der Waals surface area contributed by atoms with E-state index in [1.807, 2.05) is 51.7 Å². The number of H-pyrrole nitrogens is 1. The average Bonchev–Trinajstić information content (AvgIpc) is 3.13. The van der Waals surface area contributed by atoms with Crippen molar-refractivity contribution in [3.8, 4) is 0 Å². The van der Waals surface area contributed by atoms with E-state index in [1.165, 1.54) is 0 Å². The number of fused-ring (bicyclic) bond motifs is 2. The first-order chi connectivity index (χ1) is 13.7. The molecule has 2 aromatic rings. The van der Waals surface area contributed by atoms with Crippen molar-refractivity contribution < 1.29 is 9.53 Å². The lowest BCUT2D eigenvalue weighted by molar-refractivity contribution is 0.0122. The molecule has 2 N–H and O–H groups in total. The van der Waals surface area contributed by atoms with Crippen LogP contribution in [0.2, 0.25) is 0 Å². The van der Waals surface area contributed by atoms with Gasteiger partial charge in [0.05, 0.1) is 12.1 Å². The monoisotopic (exact) mass is 399 g/mol. The summed E-state index contributed by atoms with van der Waals surface area (Å²) >= 11 is 0. The van der Waals surface area contributed by atoms with Gasteiger partial charge in [0.25, 0.3) is 0 Å². The summed E-state index contributed by atoms with van der Waals surface area (Å²) in [5, 5.41) is 10.4. The van der Waals surface area contributed by atoms with Crippen molar-refractivity contribution in [1.82, 2.24) is 25.1 Å². The Labute approximate surface area is 170 Å². The molecule has 2 fully saturated rings. The Morgan fingerprint density at radius 2 is 1.83 bits per heavy atom. The van der Waals surface area contributed by atoms with Crippen molar-refractivity contribution >= 4 is 23.7 Å². The summed E-state index contributed by atoms with van der Waals surface area (Å²) in [7, 11) is 0. The smallest absolute Gasteiger partial charge is 0.410 e. The van der Waals surface area contributed by atoms with E-state index in [2.05, 4.69) is 25.4 Å². The van der Waals surface area contributed by atoms with E-state index >= 15 is 0 Å². The van der Waals surface area contributed by atoms with Gasteiger partial charge in [0.2, 0.25) is 5.95 Å². The second kappa shape index (κ2) is 7.20. The number of hydrogen-bond acceptors (Lipinski definition) is 7. The number of carbonyl (C=O) groups excluding carboxylic acids is 1. The van der Waals surface area contributed by atoms with Crippen LogP contribution in [0, 0.1) is 13.8 Å². The molecule has 2 bridgehead atoms. The molecule has 1 amide bonds. The van der Waals surface area contributed by atoms with E-state index in [4.69, 9.17) is 9.72 Å². The highest BCUT2D eigenvalue weighted by Crippen LogP contribution is 2.33. The molecule has 0 radical (unpaired) electrons. The van der Waals surface area contributed by atoms with Gasteiger partial charge in [0.15, 0.2) is 5.82 Å². The molecule has 2 aliphatic rings. The van der Waals surface area contributed by atoms with E-state index in [1.54, 1.807) is 0 Å². The van der Waals surface area contributed by atoms with Crippen molar-refractivity contribution in [2.45, 2.75) is 65.1 Å². The standard InChI is InChI=1S/C20H29N7O2/c1-12-8-16(22-17-9-13(2)24-25-17)23-18(21-12)26-10-14-6-7-15(11-26)27(14)19(28)29-20(3,4)5/h8-9,14-15H,6-7,10-11H2,1-5H3,(H2,21,22,23,24,25). The van der Waals surface area contributed by atoms with Gasteiger partial charge in [0, 0.05) is 36.6 Å². The Bertz CT molecular complexity index is 890. The van der Waals surface area contributed by atoms with Crippen LogP contribution in [0.15, 0.2) is 12.1 Å². The van der Waals surface area contributed by atoms with E-state index in [0.29, 0.717) is 24.9 Å². The van der Waals surface area contributed by atoms with E-state index in [9.17, 15) is 4.79 Å². The third-order valence-corrected chi connectivity index (χ3v) is 5.17. The van der Waals surface area contributed by atoms with Crippen LogP contribution in [-0.4, -0.2) is 61.9 Å². The quantitative estimate of drug-likeness (QED) is 0.818. The first-order valence-electron chi connectivity index (χ1n) is 10.1. The molecule has 0 spiro atoms. The summed E-state index contributed by atoms with van der Waals surface area (Å²) in [4.78, 5) is 26.1. The highest BCUT2D eigenvalue weighted by molar-refractivity contribution is 5.70. The Kier molecular flexibility index (Phi) is 4.84. The molecule has 0 aromatic carbocycles. The molecule has 2 saturated heterocycles. The molecule has 0 aliphatic carbocycles. The molecule has 9 heteroatoms. The first kappa shape index (κ1) is 19.5. The third kappa shape index (κ3) is 4.28. The predicted molar refractivity (Wildman–Crippen MR) is 110 cm³/mol. The van der Waals surface area contributed by atoms with Crippen LogP contribution >= 0.6 is 0 Å². The molecule has 2 unspecified atom stereocenters. The van der Waals surface area contributed by atoms with E-state index < -0.39 is 5.60 Å². The summed E-state index contributed by atoms with van der Waals surface area (Å²) in [6.45, 7) is 11.0. The average molecular weight is 399 g/mol. The predicted octanol–water partition coefficient (Wildman–Crippen LogP) is 3.15. The van der Waals surface area contributed by atoms with Crippen molar-refractivity contribution in [3.05, 3.63) is 23.5 Å². The first-order valence-corrected chi connectivity index (χ1v) is 10.1. The van der Waals surface area contributed by atoms with Gasteiger partial charge in [-0.25, -0.2) is 9.78 Å². The number of aromatic nitrogens is 4. The summed E-state index contributed by atoms with van der Waals surface area (Å²) in [6, 6.07) is 4.08. The number of rotatable bonds is 3. The van der Waals surface area contributed by atoms with Crippen LogP contribution in [0.4, 0.5) is 22.4 Å². The minimum atomic E-state index is -0.488. The fraction of sp³-hybridized carbons (Fsp3) is 0.600. The maximum Gasteiger partial charge on any atom is 0.410 e. The molecule has 4 heterocycles. The van der Waals surface area contributed by atoms with Gasteiger partial charge in [-0.15, -0.1) is 0 Å². The van der Waals surface area contributed by atoms with Gasteiger partial charge in [-0.05, 0) is 47.5 Å². The molecule has 156 valence electrons. The largest absolute Gasteiger partial charge is 0.444 e. The molecule has 2 aromatic heterocycles. The fourth-order valence-corrected chi connectivity index (χ4v) is 4.05. The van der Waals surface area contributed by atoms with Crippen LogP contribution in [0.3, 0.4) is 0 Å². The lowest BCUT2D eigenvalue weighted by atomic mass is 10.2. The van der Waals surface area contributed by atoms with Crippen molar-refractivity contribution in [1.29, 1.82) is 0 Å². The zero-order chi connectivity index (χ0) is 20.8. The number of aryl methyl sites for hydroxylation is 2. The van der Waals surface area contributed by atoms with Crippen molar-refractivity contribution in [2.24, 2.45) is 0 Å². The molecule has 9 nitrogen and oxygen atoms in total. The van der Waals surface area contributed by atoms with Crippen LogP contribution in [0.1, 0.15) is 45.0 Å². The number of nitrogens with zero attached hydrogens (tertiary/aromatic N) is 5. The number of amides is 1. The van der Waals surface area contributed by atoms with Crippen LogP contribution in [0.5, 0.6) is 0 Å². The Balaban J connectivity index is 1.50. The van der Waals surface area contributed by atoms with E-state index in [-0.39, 0.29) is 18.2 Å². The molecular weight excluding hydrogens is 370 g/mol. The Morgan fingerprint density at radius 3 is 2.41 bits per heavy atom. The van der Waals surface area contributed by atoms with Gasteiger partial charge in [0.1, 0.15) is 11.4 Å². The van der Waals surface area contributed by atoms with Gasteiger partial charge >= 0.3 is 6.09 Å². The SMILES string of the molecule is Cc1cc(Nc2cc(C)[nH]n2)nc(N2CC3CCC(C2)N3C(=O)OC(C)(C)C)n1. The van der Waals surface area contributed by atoms with Gasteiger partial charge in [-0.3, -0.25) is 10.00 Å². The van der Waals surface area contributed by atoms with E-state index in [0.717, 1.165) is 30.0 Å². The molecule has 2 atom stereocenters. The highest BCUT2D eigenvalue weighted by Gasteiger charge is 2.44. The number of hydrogen-bond donors (Lipinski definition) is 2. The topological polar surface area (TPSA) is 99.3 Å². The molecular formula is C20H29N7O2. The zero-order valence-corrected chi connectivity index (χ0v) is 17.7. The fourth-order valence-electron chi connectivity index (χ4n) is 4.05. The second-order valence-corrected chi connectivity index (χ2v) is 8.93. The second-order valence-electron chi connectivity index (χ2n) is 8.93. The maximum atomic E-state index is 12.7. The molecule has 29 heavy (non-hydrogen) atoms. The van der Waals surface area contributed by atoms with Crippen molar-refractivity contribution in [2.75, 3.05) is 23.3 Å². The maximum absolute atomic E-state index is 12.7. The number of aromatic amines is 1. The zero-order valence-electron chi connectivity index (χ0n) is 17.7. The van der Waals surface area contributed by atoms with Crippen LogP contribution < -0.4 is 10.2 Å². The van der Waals surface area contributed by atoms with Gasteiger partial charge in [-0.1, -0.05) is 0 Å². The number of ether oxygens (including phenoxy) is 1. The summed E-state index contributed by atoms with van der Waals surface area (Å²) in [5.41, 5.74) is 1.37. The normalized spacial score (nSPS) is 21.4. The number of anilines is 3. The lowest BCUT2D eigenvalue weighted by Gasteiger charge is -2.41. The third-order valence-electron chi connectivity index (χ3n) is 5.17. The van der Waals surface area contributed by atoms with Crippen molar-refractivity contribution in [3.63, 3.8) is 0 Å². The molecule has 4 rings (SSSR count). The number of nitrogens with one attached hydrogen (secondary N) is 2. The Hall–Kier alpha value is -2.84. The van der Waals surface area contributed by atoms with Crippen LogP contribution in [0.25, 0.3) is 0 Å². The summed E-state index contributed by atoms with van der Waals surface area (Å²) in [5.74, 6) is 2.11. The lowest BCUT2D eigenvalue weighted by Crippen LogP contribution is -2.57. The molecule has 2 aliphatic heterocycles. The summed E-state index contributed by atoms with van der Waals surface area (Å²) < 4.78 is 5.62. The van der Waals surface area contributed by atoms with Gasteiger partial charge < -0.3 is 15.0 Å². The highest BCUT2D eigenvalue weighted by atomic mass is 16.6. The summed E-state index contributed by atoms with van der Waals surface area (Å²) in [6.07, 6.45) is 1.74. The number of carbonyl (C=O) groups is 1. The van der Waals surface area contributed by atoms with Crippen LogP contribution in [-0.2, 0) is 4.74 Å². The minimum Gasteiger partial charge on any atom is -0.444 e.